The van der Waals surface area contributed by atoms with Crippen molar-refractivity contribution in [3.63, 3.8) is 0 Å². The van der Waals surface area contributed by atoms with Crippen LogP contribution in [-0.4, -0.2) is 25.1 Å². The molecule has 0 amide bonds. The van der Waals surface area contributed by atoms with Crippen LogP contribution in [0.15, 0.2) is 33.8 Å². The molecule has 0 bridgehead atoms. The van der Waals surface area contributed by atoms with E-state index in [9.17, 15) is 0 Å². The monoisotopic (exact) mass is 344 g/mol. The molecule has 136 valence electrons. The summed E-state index contributed by atoms with van der Waals surface area (Å²) in [5, 5.41) is 6.50. The Bertz CT molecular complexity index is 729. The molecule has 0 aliphatic carbocycles. The molecule has 1 aromatic heterocycles. The van der Waals surface area contributed by atoms with Gasteiger partial charge in [0.2, 0.25) is 5.89 Å². The van der Waals surface area contributed by atoms with Crippen molar-refractivity contribution in [2.45, 2.75) is 46.2 Å². The first-order valence-corrected chi connectivity index (χ1v) is 8.36. The SMILES string of the molecule is CN=C(NCc1ccc(OC)c(C)c1)NCc1ncc(C(C)(C)C)o1. The van der Waals surface area contributed by atoms with Crippen LogP contribution in [-0.2, 0) is 18.5 Å². The van der Waals surface area contributed by atoms with Gasteiger partial charge in [-0.2, -0.15) is 0 Å². The van der Waals surface area contributed by atoms with E-state index in [0.29, 0.717) is 24.9 Å². The molecular weight excluding hydrogens is 316 g/mol. The molecule has 0 aliphatic rings. The highest BCUT2D eigenvalue weighted by molar-refractivity contribution is 5.79. The topological polar surface area (TPSA) is 71.7 Å². The lowest BCUT2D eigenvalue weighted by Crippen LogP contribution is -2.36. The number of rotatable bonds is 5. The second kappa shape index (κ2) is 8.05. The summed E-state index contributed by atoms with van der Waals surface area (Å²) in [6, 6.07) is 6.11. The molecular formula is C19H28N4O2. The van der Waals surface area contributed by atoms with Crippen molar-refractivity contribution in [1.29, 1.82) is 0 Å². The number of hydrogen-bond donors (Lipinski definition) is 2. The fraction of sp³-hybridized carbons (Fsp3) is 0.474. The molecule has 0 spiro atoms. The van der Waals surface area contributed by atoms with Crippen LogP contribution in [0.2, 0.25) is 0 Å². The minimum Gasteiger partial charge on any atom is -0.496 e. The van der Waals surface area contributed by atoms with Crippen LogP contribution in [0.1, 0.15) is 43.5 Å². The second-order valence-electron chi connectivity index (χ2n) is 6.95. The normalized spacial score (nSPS) is 12.2. The summed E-state index contributed by atoms with van der Waals surface area (Å²) < 4.78 is 11.1. The van der Waals surface area contributed by atoms with E-state index in [1.165, 1.54) is 0 Å². The highest BCUT2D eigenvalue weighted by Crippen LogP contribution is 2.22. The third-order valence-electron chi connectivity index (χ3n) is 3.84. The van der Waals surface area contributed by atoms with Gasteiger partial charge in [0.25, 0.3) is 0 Å². The van der Waals surface area contributed by atoms with Gasteiger partial charge in [-0.15, -0.1) is 0 Å². The smallest absolute Gasteiger partial charge is 0.213 e. The van der Waals surface area contributed by atoms with Crippen molar-refractivity contribution < 1.29 is 9.15 Å². The number of aryl methyl sites for hydroxylation is 1. The molecule has 6 heteroatoms. The van der Waals surface area contributed by atoms with Crippen LogP contribution in [0, 0.1) is 6.92 Å². The number of aromatic nitrogens is 1. The number of oxazole rings is 1. The van der Waals surface area contributed by atoms with E-state index in [1.807, 2.05) is 19.1 Å². The van der Waals surface area contributed by atoms with E-state index in [1.54, 1.807) is 20.4 Å². The Morgan fingerprint density at radius 1 is 1.24 bits per heavy atom. The van der Waals surface area contributed by atoms with Crippen molar-refractivity contribution in [1.82, 2.24) is 15.6 Å². The van der Waals surface area contributed by atoms with Crippen LogP contribution in [0.3, 0.4) is 0 Å². The predicted octanol–water partition coefficient (Wildman–Crippen LogP) is 3.15. The fourth-order valence-corrected chi connectivity index (χ4v) is 2.35. The molecule has 0 unspecified atom stereocenters. The lowest BCUT2D eigenvalue weighted by molar-refractivity contribution is 0.379. The van der Waals surface area contributed by atoms with Crippen LogP contribution in [0.25, 0.3) is 0 Å². The fourth-order valence-electron chi connectivity index (χ4n) is 2.35. The van der Waals surface area contributed by atoms with Crippen LogP contribution < -0.4 is 15.4 Å². The van der Waals surface area contributed by atoms with Crippen molar-refractivity contribution in [3.8, 4) is 5.75 Å². The molecule has 0 radical (unpaired) electrons. The highest BCUT2D eigenvalue weighted by Gasteiger charge is 2.19. The van der Waals surface area contributed by atoms with Gasteiger partial charge in [0.15, 0.2) is 5.96 Å². The minimum atomic E-state index is -0.0442. The number of aliphatic imine (C=N–C) groups is 1. The van der Waals surface area contributed by atoms with Crippen LogP contribution in [0.4, 0.5) is 0 Å². The quantitative estimate of drug-likeness (QED) is 0.644. The summed E-state index contributed by atoms with van der Waals surface area (Å²) in [6.45, 7) is 9.48. The average molecular weight is 344 g/mol. The standard InChI is InChI=1S/C19H28N4O2/c1-13-9-14(7-8-15(13)24-6)10-22-18(20-5)23-12-17-21-11-16(25-17)19(2,3)4/h7-9,11H,10,12H2,1-6H3,(H2,20,22,23). The van der Waals surface area contributed by atoms with E-state index in [0.717, 1.165) is 22.6 Å². The zero-order valence-electron chi connectivity index (χ0n) is 15.9. The Balaban J connectivity index is 1.89. The molecule has 2 aromatic rings. The molecule has 2 N–H and O–H groups in total. The number of methoxy groups -OCH3 is 1. The number of benzene rings is 1. The third kappa shape index (κ3) is 5.24. The number of ether oxygens (including phenoxy) is 1. The molecule has 25 heavy (non-hydrogen) atoms. The number of hydrogen-bond acceptors (Lipinski definition) is 4. The van der Waals surface area contributed by atoms with Gasteiger partial charge < -0.3 is 19.8 Å². The molecule has 6 nitrogen and oxygen atoms in total. The van der Waals surface area contributed by atoms with Crippen LogP contribution >= 0.6 is 0 Å². The summed E-state index contributed by atoms with van der Waals surface area (Å²) in [7, 11) is 3.42. The Kier molecular flexibility index (Phi) is 6.07. The second-order valence-corrected chi connectivity index (χ2v) is 6.95. The average Bonchev–Trinajstić information content (AvgIpc) is 3.04. The number of nitrogens with zero attached hydrogens (tertiary/aromatic N) is 2. The van der Waals surface area contributed by atoms with Crippen LogP contribution in [0.5, 0.6) is 5.75 Å². The molecule has 0 aliphatic heterocycles. The van der Waals surface area contributed by atoms with E-state index in [-0.39, 0.29) is 5.41 Å². The van der Waals surface area contributed by atoms with E-state index in [2.05, 4.69) is 47.4 Å². The largest absolute Gasteiger partial charge is 0.496 e. The number of nitrogens with one attached hydrogen (secondary N) is 2. The van der Waals surface area contributed by atoms with Gasteiger partial charge in [0, 0.05) is 19.0 Å². The van der Waals surface area contributed by atoms with Crippen molar-refractivity contribution >= 4 is 5.96 Å². The summed E-state index contributed by atoms with van der Waals surface area (Å²) in [6.07, 6.45) is 1.79. The first-order chi connectivity index (χ1) is 11.8. The maximum atomic E-state index is 5.78. The van der Waals surface area contributed by atoms with Gasteiger partial charge in [-0.05, 0) is 24.1 Å². The zero-order valence-corrected chi connectivity index (χ0v) is 15.9. The van der Waals surface area contributed by atoms with Crippen molar-refractivity contribution in [2.24, 2.45) is 4.99 Å². The molecule has 0 saturated carbocycles. The molecule has 1 aromatic carbocycles. The first-order valence-electron chi connectivity index (χ1n) is 8.36. The summed E-state index contributed by atoms with van der Waals surface area (Å²) in [4.78, 5) is 8.54. The molecule has 0 fully saturated rings. The highest BCUT2D eigenvalue weighted by atomic mass is 16.5. The van der Waals surface area contributed by atoms with E-state index < -0.39 is 0 Å². The molecule has 0 atom stereocenters. The van der Waals surface area contributed by atoms with E-state index >= 15 is 0 Å². The van der Waals surface area contributed by atoms with Gasteiger partial charge in [0.05, 0.1) is 19.9 Å². The predicted molar refractivity (Wildman–Crippen MR) is 100.0 cm³/mol. The maximum Gasteiger partial charge on any atom is 0.213 e. The van der Waals surface area contributed by atoms with Crippen molar-refractivity contribution in [3.05, 3.63) is 47.2 Å². The Hall–Kier alpha value is -2.50. The lowest BCUT2D eigenvalue weighted by atomic mass is 9.94. The van der Waals surface area contributed by atoms with Crippen molar-refractivity contribution in [2.75, 3.05) is 14.2 Å². The first kappa shape index (κ1) is 18.8. The summed E-state index contributed by atoms with van der Waals surface area (Å²) in [5.74, 6) is 3.11. The maximum absolute atomic E-state index is 5.78. The van der Waals surface area contributed by atoms with Gasteiger partial charge >= 0.3 is 0 Å². The van der Waals surface area contributed by atoms with Gasteiger partial charge in [-0.25, -0.2) is 4.98 Å². The summed E-state index contributed by atoms with van der Waals surface area (Å²) >= 11 is 0. The number of guanidine groups is 1. The third-order valence-corrected chi connectivity index (χ3v) is 3.84. The molecule has 0 saturated heterocycles. The Morgan fingerprint density at radius 3 is 2.52 bits per heavy atom. The van der Waals surface area contributed by atoms with E-state index in [4.69, 9.17) is 9.15 Å². The van der Waals surface area contributed by atoms with Gasteiger partial charge in [0.1, 0.15) is 11.5 Å². The molecule has 1 heterocycles. The Morgan fingerprint density at radius 2 is 1.96 bits per heavy atom. The zero-order chi connectivity index (χ0) is 18.4. The Labute approximate surface area is 149 Å². The van der Waals surface area contributed by atoms with Gasteiger partial charge in [-0.1, -0.05) is 32.9 Å². The lowest BCUT2D eigenvalue weighted by Gasteiger charge is -2.14. The van der Waals surface area contributed by atoms with Gasteiger partial charge in [-0.3, -0.25) is 4.99 Å². The molecule has 2 rings (SSSR count). The minimum absolute atomic E-state index is 0.0442. The summed E-state index contributed by atoms with van der Waals surface area (Å²) in [5.41, 5.74) is 2.23.